The summed E-state index contributed by atoms with van der Waals surface area (Å²) in [5.41, 5.74) is 6.30. The van der Waals surface area contributed by atoms with Crippen LogP contribution >= 0.6 is 0 Å². The number of hydrogen-bond donors (Lipinski definition) is 13. The normalized spacial score (nSPS) is 12.9. The maximum atomic E-state index is 13.6. The number of carboxylic acid groups (broad SMARTS) is 2. The first-order valence-corrected chi connectivity index (χ1v) is 26.1. The van der Waals surface area contributed by atoms with Crippen molar-refractivity contribution in [2.75, 3.05) is 46.1 Å². The summed E-state index contributed by atoms with van der Waals surface area (Å²) in [7, 11) is 0. The fourth-order valence-electron chi connectivity index (χ4n) is 8.32. The Bertz CT molecular complexity index is 3110. The first kappa shape index (κ1) is 63.6. The lowest BCUT2D eigenvalue weighted by Crippen LogP contribution is -2.59. The van der Waals surface area contributed by atoms with Crippen LogP contribution in [0.3, 0.4) is 0 Å². The van der Waals surface area contributed by atoms with Crippen LogP contribution in [0, 0.1) is 0 Å². The number of carbonyl (C=O) groups excluding carboxylic acids is 8. The molecule has 2 aromatic carbocycles. The fraction of sp³-hybridized carbons (Fsp3) is 0.407. The molecule has 440 valence electrons. The van der Waals surface area contributed by atoms with E-state index in [0.29, 0.717) is 41.5 Å². The van der Waals surface area contributed by atoms with Gasteiger partial charge in [0.2, 0.25) is 41.4 Å². The molecule has 1 aliphatic heterocycles. The SMILES string of the molecule is CCCC(=O)NCCOCC(=O)N[C@H](CCCCNC(=O)c1ccc(C(=O)O)c(-c2c3ccc(=O)cc-3oc3cc(O)ccc23)c1)C(=O)NCCOCC(=O)N[C@@H](C(=O)N[C@H](Cc1cnc[nH]1)C(=O)N[C@H](CCC(=O)O)C(N)=O)[C@H](C)O. The third kappa shape index (κ3) is 19.5. The van der Waals surface area contributed by atoms with E-state index in [1.54, 1.807) is 0 Å². The number of rotatable bonds is 34. The van der Waals surface area contributed by atoms with Crippen LogP contribution in [0.5, 0.6) is 5.75 Å². The zero-order chi connectivity index (χ0) is 59.9. The van der Waals surface area contributed by atoms with E-state index in [0.717, 1.165) is 0 Å². The number of nitrogens with one attached hydrogen (secondary N) is 8. The van der Waals surface area contributed by atoms with E-state index in [-0.39, 0.29) is 104 Å². The maximum Gasteiger partial charge on any atom is 0.336 e. The van der Waals surface area contributed by atoms with Crippen molar-refractivity contribution in [3.05, 3.63) is 94.2 Å². The van der Waals surface area contributed by atoms with Gasteiger partial charge in [0, 0.05) is 85.0 Å². The van der Waals surface area contributed by atoms with Crippen LogP contribution in [-0.2, 0) is 54.3 Å². The molecule has 5 atom stereocenters. The zero-order valence-corrected chi connectivity index (χ0v) is 44.9. The van der Waals surface area contributed by atoms with Crippen molar-refractivity contribution in [3.63, 3.8) is 0 Å². The Morgan fingerprint density at radius 2 is 1.43 bits per heavy atom. The number of aliphatic carboxylic acids is 1. The van der Waals surface area contributed by atoms with Crippen LogP contribution in [0.25, 0.3) is 33.4 Å². The average Bonchev–Trinajstić information content (AvgIpc) is 1.97. The number of carboxylic acids is 2. The zero-order valence-electron chi connectivity index (χ0n) is 44.9. The average molecular weight is 1140 g/mol. The molecule has 0 saturated heterocycles. The van der Waals surface area contributed by atoms with E-state index in [2.05, 4.69) is 47.2 Å². The Hall–Kier alpha value is -9.28. The lowest BCUT2D eigenvalue weighted by molar-refractivity contribution is -0.138. The van der Waals surface area contributed by atoms with Gasteiger partial charge in [-0.1, -0.05) is 6.92 Å². The van der Waals surface area contributed by atoms with Crippen LogP contribution in [0.15, 0.2) is 76.3 Å². The summed E-state index contributed by atoms with van der Waals surface area (Å²) in [5, 5.41) is 58.0. The Kier molecular flexibility index (Phi) is 24.4. The van der Waals surface area contributed by atoms with Gasteiger partial charge in [-0.2, -0.15) is 0 Å². The Labute approximate surface area is 468 Å². The predicted molar refractivity (Wildman–Crippen MR) is 290 cm³/mol. The molecule has 0 spiro atoms. The summed E-state index contributed by atoms with van der Waals surface area (Å²) in [6.07, 6.45) is 1.68. The first-order chi connectivity index (χ1) is 39.1. The first-order valence-electron chi connectivity index (χ1n) is 26.1. The monoisotopic (exact) mass is 1140 g/mol. The van der Waals surface area contributed by atoms with Crippen LogP contribution in [-0.4, -0.2) is 166 Å². The number of aliphatic hydroxyl groups is 1. The Balaban J connectivity index is 1.16. The number of H-pyrrole nitrogens is 1. The molecular formula is C54H66N10O18. The van der Waals surface area contributed by atoms with Gasteiger partial charge < -0.3 is 82.3 Å². The lowest BCUT2D eigenvalue weighted by atomic mass is 9.89. The summed E-state index contributed by atoms with van der Waals surface area (Å²) >= 11 is 0. The van der Waals surface area contributed by atoms with E-state index in [1.165, 1.54) is 74.0 Å². The Morgan fingerprint density at radius 1 is 0.720 bits per heavy atom. The molecular weight excluding hydrogens is 1080 g/mol. The number of benzene rings is 3. The number of carbonyl (C=O) groups is 10. The summed E-state index contributed by atoms with van der Waals surface area (Å²) in [6, 6.07) is 6.63. The van der Waals surface area contributed by atoms with Crippen LogP contribution in [0.4, 0.5) is 0 Å². The number of amides is 8. The van der Waals surface area contributed by atoms with E-state index >= 15 is 0 Å². The molecule has 0 radical (unpaired) electrons. The molecule has 3 aromatic rings. The fourth-order valence-corrected chi connectivity index (χ4v) is 8.32. The molecule has 0 saturated carbocycles. The second-order valence-corrected chi connectivity index (χ2v) is 18.8. The van der Waals surface area contributed by atoms with Gasteiger partial charge in [-0.15, -0.1) is 0 Å². The largest absolute Gasteiger partial charge is 0.508 e. The number of nitrogens with zero attached hydrogens (tertiary/aromatic N) is 1. The predicted octanol–water partition coefficient (Wildman–Crippen LogP) is -0.430. The van der Waals surface area contributed by atoms with Crippen molar-refractivity contribution in [2.24, 2.45) is 5.73 Å². The summed E-state index contributed by atoms with van der Waals surface area (Å²) in [6.45, 7) is 1.71. The number of aromatic amines is 1. The molecule has 8 amide bonds. The van der Waals surface area contributed by atoms with Gasteiger partial charge in [0.05, 0.1) is 31.2 Å². The molecule has 0 fully saturated rings. The van der Waals surface area contributed by atoms with Gasteiger partial charge in [0.25, 0.3) is 5.91 Å². The number of unbranched alkanes of at least 4 members (excludes halogenated alkanes) is 1. The highest BCUT2D eigenvalue weighted by Gasteiger charge is 2.32. The third-order valence-corrected chi connectivity index (χ3v) is 12.4. The van der Waals surface area contributed by atoms with Crippen molar-refractivity contribution in [3.8, 4) is 28.2 Å². The lowest BCUT2D eigenvalue weighted by Gasteiger charge is -2.25. The van der Waals surface area contributed by atoms with Crippen LogP contribution < -0.4 is 48.4 Å². The number of imidazole rings is 1. The minimum atomic E-state index is -1.64. The molecule has 1 aromatic heterocycles. The maximum absolute atomic E-state index is 13.6. The van der Waals surface area contributed by atoms with Crippen molar-refractivity contribution in [2.45, 2.75) is 95.5 Å². The number of nitrogens with two attached hydrogens (primary N) is 1. The van der Waals surface area contributed by atoms with E-state index in [4.69, 9.17) is 24.7 Å². The van der Waals surface area contributed by atoms with Gasteiger partial charge in [-0.3, -0.25) is 47.9 Å². The van der Waals surface area contributed by atoms with Gasteiger partial charge in [0.1, 0.15) is 54.5 Å². The number of aromatic carboxylic acids is 1. The number of ether oxygens (including phenoxy) is 2. The second-order valence-electron chi connectivity index (χ2n) is 18.8. The highest BCUT2D eigenvalue weighted by Crippen LogP contribution is 2.42. The van der Waals surface area contributed by atoms with Gasteiger partial charge in [0.15, 0.2) is 5.43 Å². The molecule has 0 bridgehead atoms. The summed E-state index contributed by atoms with van der Waals surface area (Å²) < 4.78 is 16.7. The number of primary amides is 1. The summed E-state index contributed by atoms with van der Waals surface area (Å²) in [4.78, 5) is 146. The van der Waals surface area contributed by atoms with E-state index < -0.39 is 103 Å². The second kappa shape index (κ2) is 31.5. The molecule has 2 aliphatic rings. The van der Waals surface area contributed by atoms with Gasteiger partial charge >= 0.3 is 11.9 Å². The molecule has 0 unspecified atom stereocenters. The number of phenols is 1. The van der Waals surface area contributed by atoms with Gasteiger partial charge in [-0.05, 0) is 87.1 Å². The number of aliphatic hydroxyl groups excluding tert-OH is 1. The molecule has 82 heavy (non-hydrogen) atoms. The molecule has 14 N–H and O–H groups in total. The van der Waals surface area contributed by atoms with E-state index in [1.807, 2.05) is 6.92 Å². The standard InChI is InChI=1S/C54H66N10O18/c1-3-6-43(68)57-17-19-80-26-44(69)61-39(7-4-5-16-58-50(74)30-8-11-34(54(78)79)37(21-30)47-35-12-9-32(66)23-41(35)82-42-24-33(67)10-13-36(42)47)51(75)59-18-20-81-27-45(70)64-48(29(2)65)53(77)63-40(22-31-25-56-28-60-31)52(76)62-38(49(55)73)14-15-46(71)72/h8-13,21,23-25,28-29,38-40,48,65-66H,3-7,14-20,22,26-27H2,1-2H3,(H2,55,73)(H,56,60)(H,57,68)(H,58,74)(H,59,75)(H,61,69)(H,62,76)(H,63,77)(H,64,70)(H,71,72)(H,78,79)/t29-,38+,39+,40+,48+/m0/s1. The smallest absolute Gasteiger partial charge is 0.336 e. The highest BCUT2D eigenvalue weighted by atomic mass is 16.5. The summed E-state index contributed by atoms with van der Waals surface area (Å²) in [5.74, 6) is -8.49. The quantitative estimate of drug-likeness (QED) is 0.0184. The van der Waals surface area contributed by atoms with Crippen LogP contribution in [0.2, 0.25) is 0 Å². The van der Waals surface area contributed by atoms with Crippen LogP contribution in [0.1, 0.15) is 85.2 Å². The van der Waals surface area contributed by atoms with Crippen molar-refractivity contribution in [1.29, 1.82) is 0 Å². The highest BCUT2D eigenvalue weighted by molar-refractivity contribution is 6.09. The minimum Gasteiger partial charge on any atom is -0.508 e. The van der Waals surface area contributed by atoms with Crippen molar-refractivity contribution < 1.29 is 82.3 Å². The molecule has 2 heterocycles. The molecule has 28 heteroatoms. The number of aromatic hydroxyl groups is 1. The Morgan fingerprint density at radius 3 is 2.09 bits per heavy atom. The number of fused-ring (bicyclic) bond motifs is 2. The number of hydrogen-bond acceptors (Lipinski definition) is 17. The van der Waals surface area contributed by atoms with Crippen molar-refractivity contribution in [1.82, 2.24) is 47.2 Å². The topological polar surface area (TPSA) is 439 Å². The van der Waals surface area contributed by atoms with Gasteiger partial charge in [-0.25, -0.2) is 9.78 Å². The molecule has 28 nitrogen and oxygen atoms in total. The van der Waals surface area contributed by atoms with Crippen molar-refractivity contribution >= 4 is 70.2 Å². The third-order valence-electron chi connectivity index (χ3n) is 12.4. The molecule has 5 rings (SSSR count). The van der Waals surface area contributed by atoms with E-state index in [9.17, 15) is 68.1 Å². The minimum absolute atomic E-state index is 0.00864. The molecule has 1 aliphatic carbocycles. The number of phenolic OH excluding ortho intramolecular Hbond substituents is 1. The number of aromatic nitrogens is 2.